The summed E-state index contributed by atoms with van der Waals surface area (Å²) in [7, 11) is 0. The van der Waals surface area contributed by atoms with E-state index in [-0.39, 0.29) is 5.41 Å². The minimum atomic E-state index is 0.0744. The minimum absolute atomic E-state index is 0.0744. The summed E-state index contributed by atoms with van der Waals surface area (Å²) in [6, 6.07) is 51.0. The maximum atomic E-state index is 2.40. The van der Waals surface area contributed by atoms with Gasteiger partial charge in [-0.15, -0.1) is 0 Å². The van der Waals surface area contributed by atoms with E-state index in [1.54, 1.807) is 0 Å². The molecule has 2 heterocycles. The number of aromatic nitrogens is 2. The quantitative estimate of drug-likeness (QED) is 0.211. The summed E-state index contributed by atoms with van der Waals surface area (Å²) in [4.78, 5) is 0. The first-order chi connectivity index (χ1) is 20.5. The number of para-hydroxylation sites is 3. The highest BCUT2D eigenvalue weighted by molar-refractivity contribution is 6.12. The van der Waals surface area contributed by atoms with Crippen molar-refractivity contribution < 1.29 is 0 Å². The van der Waals surface area contributed by atoms with E-state index in [0.717, 1.165) is 0 Å². The molecule has 0 unspecified atom stereocenters. The topological polar surface area (TPSA) is 9.86 Å². The van der Waals surface area contributed by atoms with Gasteiger partial charge in [-0.05, 0) is 88.8 Å². The Morgan fingerprint density at radius 3 is 1.36 bits per heavy atom. The molecule has 42 heavy (non-hydrogen) atoms. The van der Waals surface area contributed by atoms with Crippen molar-refractivity contribution in [3.8, 4) is 22.5 Å². The fraction of sp³-hybridized carbons (Fsp3) is 0.100. The lowest BCUT2D eigenvalue weighted by molar-refractivity contribution is 0.591. The molecule has 6 aromatic carbocycles. The summed E-state index contributed by atoms with van der Waals surface area (Å²) in [5, 5.41) is 5.12. The lowest BCUT2D eigenvalue weighted by Gasteiger charge is -2.19. The molecule has 0 amide bonds. The van der Waals surface area contributed by atoms with E-state index < -0.39 is 0 Å². The van der Waals surface area contributed by atoms with Crippen LogP contribution < -0.4 is 0 Å². The van der Waals surface area contributed by atoms with Crippen LogP contribution in [0.4, 0.5) is 0 Å². The van der Waals surface area contributed by atoms with Crippen LogP contribution in [0.2, 0.25) is 0 Å². The zero-order valence-corrected chi connectivity index (χ0v) is 24.2. The van der Waals surface area contributed by atoms with Gasteiger partial charge in [-0.1, -0.05) is 93.6 Å². The van der Waals surface area contributed by atoms with Gasteiger partial charge in [-0.3, -0.25) is 0 Å². The van der Waals surface area contributed by atoms with Gasteiger partial charge in [0.25, 0.3) is 0 Å². The van der Waals surface area contributed by atoms with Crippen molar-refractivity contribution in [2.24, 2.45) is 0 Å². The van der Waals surface area contributed by atoms with Crippen molar-refractivity contribution >= 4 is 43.6 Å². The first-order valence-electron chi connectivity index (χ1n) is 14.7. The summed E-state index contributed by atoms with van der Waals surface area (Å²) in [5.41, 5.74) is 11.2. The molecule has 0 saturated heterocycles. The highest BCUT2D eigenvalue weighted by Crippen LogP contribution is 2.39. The van der Waals surface area contributed by atoms with Gasteiger partial charge in [-0.25, -0.2) is 0 Å². The molecule has 0 aliphatic carbocycles. The summed E-state index contributed by atoms with van der Waals surface area (Å²) in [6.07, 6.45) is 0. The Labute approximate surface area is 246 Å². The van der Waals surface area contributed by atoms with Crippen LogP contribution in [0.15, 0.2) is 140 Å². The Morgan fingerprint density at radius 2 is 0.810 bits per heavy atom. The molecule has 202 valence electrons. The Balaban J connectivity index is 1.37. The number of fused-ring (bicyclic) bond motifs is 6. The molecule has 0 saturated carbocycles. The highest BCUT2D eigenvalue weighted by atomic mass is 15.0. The van der Waals surface area contributed by atoms with Gasteiger partial charge in [-0.2, -0.15) is 0 Å². The molecule has 0 aliphatic heterocycles. The molecule has 8 aromatic rings. The summed E-state index contributed by atoms with van der Waals surface area (Å²) < 4.78 is 4.77. The van der Waals surface area contributed by atoms with Crippen LogP contribution in [0.3, 0.4) is 0 Å². The van der Waals surface area contributed by atoms with Crippen molar-refractivity contribution in [3.63, 3.8) is 0 Å². The number of hydrogen-bond acceptors (Lipinski definition) is 0. The molecule has 0 fully saturated rings. The number of nitrogens with zero attached hydrogens (tertiary/aromatic N) is 2. The van der Waals surface area contributed by atoms with E-state index in [4.69, 9.17) is 0 Å². The van der Waals surface area contributed by atoms with Crippen molar-refractivity contribution in [2.75, 3.05) is 0 Å². The maximum Gasteiger partial charge on any atom is 0.0541 e. The van der Waals surface area contributed by atoms with Crippen LogP contribution in [-0.4, -0.2) is 9.13 Å². The van der Waals surface area contributed by atoms with Crippen molar-refractivity contribution in [1.82, 2.24) is 9.13 Å². The van der Waals surface area contributed by atoms with Crippen molar-refractivity contribution in [1.29, 1.82) is 0 Å². The minimum Gasteiger partial charge on any atom is -0.309 e. The lowest BCUT2D eigenvalue weighted by atomic mass is 9.86. The smallest absolute Gasteiger partial charge is 0.0541 e. The first kappa shape index (κ1) is 24.7. The third kappa shape index (κ3) is 3.79. The molecule has 0 atom stereocenters. The normalized spacial score (nSPS) is 12.2. The van der Waals surface area contributed by atoms with Gasteiger partial charge < -0.3 is 9.13 Å². The molecule has 2 aromatic heterocycles. The molecule has 0 bridgehead atoms. The Hall–Kier alpha value is -5.08. The zero-order valence-electron chi connectivity index (χ0n) is 24.2. The van der Waals surface area contributed by atoms with E-state index >= 15 is 0 Å². The highest BCUT2D eigenvalue weighted by Gasteiger charge is 2.19. The van der Waals surface area contributed by atoms with Gasteiger partial charge in [0.1, 0.15) is 0 Å². The Kier molecular flexibility index (Phi) is 5.42. The molecule has 0 aliphatic rings. The third-order valence-electron chi connectivity index (χ3n) is 8.67. The van der Waals surface area contributed by atoms with Gasteiger partial charge in [0.05, 0.1) is 22.1 Å². The van der Waals surface area contributed by atoms with Crippen LogP contribution in [0.25, 0.3) is 66.1 Å². The fourth-order valence-electron chi connectivity index (χ4n) is 6.53. The molecule has 0 radical (unpaired) electrons. The molecule has 0 N–H and O–H groups in total. The maximum absolute atomic E-state index is 2.40. The first-order valence-corrected chi connectivity index (χ1v) is 14.7. The van der Waals surface area contributed by atoms with E-state index in [1.165, 1.54) is 71.7 Å². The zero-order chi connectivity index (χ0) is 28.4. The second-order valence-corrected chi connectivity index (χ2v) is 12.3. The number of hydrogen-bond donors (Lipinski definition) is 0. The molecular weight excluding hydrogens is 508 g/mol. The Morgan fingerprint density at radius 1 is 0.381 bits per heavy atom. The standard InChI is InChI=1S/C40H32N2/c1-40(2,3)29-20-23-39-35(26-29)34-25-28(19-22-38(34)42(39)31-14-8-5-9-15-31)27-18-21-37-33(24-27)32-16-10-11-17-36(32)41(37)30-12-6-4-7-13-30/h4-26H,1-3H3. The summed E-state index contributed by atoms with van der Waals surface area (Å²) in [5.74, 6) is 0. The van der Waals surface area contributed by atoms with Gasteiger partial charge in [0, 0.05) is 32.9 Å². The SMILES string of the molecule is CC(C)(C)c1ccc2c(c1)c1cc(-c3ccc4c(c3)c3ccccc3n4-c3ccccc3)ccc1n2-c1ccccc1. The molecular formula is C40H32N2. The van der Waals surface area contributed by atoms with Crippen molar-refractivity contribution in [3.05, 3.63) is 145 Å². The Bertz CT molecular complexity index is 2260. The monoisotopic (exact) mass is 540 g/mol. The van der Waals surface area contributed by atoms with E-state index in [0.29, 0.717) is 0 Å². The number of benzene rings is 6. The van der Waals surface area contributed by atoms with Gasteiger partial charge >= 0.3 is 0 Å². The van der Waals surface area contributed by atoms with Crippen LogP contribution in [0.5, 0.6) is 0 Å². The predicted molar refractivity (Wildman–Crippen MR) is 179 cm³/mol. The van der Waals surface area contributed by atoms with Gasteiger partial charge in [0.15, 0.2) is 0 Å². The van der Waals surface area contributed by atoms with Crippen LogP contribution in [0, 0.1) is 0 Å². The largest absolute Gasteiger partial charge is 0.309 e. The van der Waals surface area contributed by atoms with Crippen molar-refractivity contribution in [2.45, 2.75) is 26.2 Å². The fourth-order valence-corrected chi connectivity index (χ4v) is 6.53. The molecule has 2 nitrogen and oxygen atoms in total. The van der Waals surface area contributed by atoms with E-state index in [1.807, 2.05) is 0 Å². The van der Waals surface area contributed by atoms with E-state index in [9.17, 15) is 0 Å². The molecule has 0 spiro atoms. The summed E-state index contributed by atoms with van der Waals surface area (Å²) in [6.45, 7) is 6.87. The van der Waals surface area contributed by atoms with E-state index in [2.05, 4.69) is 169 Å². The van der Waals surface area contributed by atoms with Crippen LogP contribution in [0.1, 0.15) is 26.3 Å². The average molecular weight is 541 g/mol. The van der Waals surface area contributed by atoms with Crippen LogP contribution in [-0.2, 0) is 5.41 Å². The number of rotatable bonds is 3. The molecule has 2 heteroatoms. The summed E-state index contributed by atoms with van der Waals surface area (Å²) >= 11 is 0. The average Bonchev–Trinajstić information content (AvgIpc) is 3.53. The van der Waals surface area contributed by atoms with Gasteiger partial charge in [0.2, 0.25) is 0 Å². The molecule has 8 rings (SSSR count). The van der Waals surface area contributed by atoms with Crippen LogP contribution >= 0.6 is 0 Å². The second kappa shape index (κ2) is 9.22. The lowest BCUT2D eigenvalue weighted by Crippen LogP contribution is -2.10. The third-order valence-corrected chi connectivity index (χ3v) is 8.67. The predicted octanol–water partition coefficient (Wildman–Crippen LogP) is 10.8. The second-order valence-electron chi connectivity index (χ2n) is 12.3.